The Morgan fingerprint density at radius 1 is 1.67 bits per heavy atom. The molecule has 3 nitrogen and oxygen atoms in total. The third kappa shape index (κ3) is 1.14. The Hall–Kier alpha value is -0.830. The van der Waals surface area contributed by atoms with Crippen LogP contribution in [0.2, 0.25) is 0 Å². The van der Waals surface area contributed by atoms with Gasteiger partial charge in [-0.25, -0.2) is 0 Å². The first-order chi connectivity index (χ1) is 5.81. The topological polar surface area (TPSA) is 38.3 Å². The zero-order valence-electron chi connectivity index (χ0n) is 7.12. The van der Waals surface area contributed by atoms with Crippen molar-refractivity contribution < 1.29 is 9.53 Å². The molecule has 0 amide bonds. The van der Waals surface area contributed by atoms with E-state index in [0.29, 0.717) is 18.6 Å². The van der Waals surface area contributed by atoms with E-state index in [1.165, 1.54) is 0 Å². The first kappa shape index (κ1) is 7.80. The summed E-state index contributed by atoms with van der Waals surface area (Å²) in [5.74, 6) is 0.267. The third-order valence-corrected chi connectivity index (χ3v) is 2.48. The van der Waals surface area contributed by atoms with Crippen LogP contribution >= 0.6 is 0 Å². The lowest BCUT2D eigenvalue weighted by Gasteiger charge is -2.17. The predicted octanol–water partition coefficient (Wildman–Crippen LogP) is 0.466. The highest BCUT2D eigenvalue weighted by Crippen LogP contribution is 2.29. The maximum absolute atomic E-state index is 11.3. The Kier molecular flexibility index (Phi) is 1.89. The molecule has 2 bridgehead atoms. The maximum atomic E-state index is 11.3. The summed E-state index contributed by atoms with van der Waals surface area (Å²) in [4.78, 5) is 11.3. The third-order valence-electron chi connectivity index (χ3n) is 2.48. The van der Waals surface area contributed by atoms with Gasteiger partial charge in [-0.3, -0.25) is 10.1 Å². The first-order valence-corrected chi connectivity index (χ1v) is 4.42. The first-order valence-electron chi connectivity index (χ1n) is 4.42. The Bertz CT molecular complexity index is 225. The average Bonchev–Trinajstić information content (AvgIpc) is 2.64. The SMILES string of the molecule is CCOC(=O)C1N[C@H]2C=C[C@@H]1C2. The molecule has 1 aliphatic heterocycles. The molecule has 0 radical (unpaired) electrons. The minimum Gasteiger partial charge on any atom is -0.465 e. The Morgan fingerprint density at radius 3 is 3.00 bits per heavy atom. The Balaban J connectivity index is 1.98. The quantitative estimate of drug-likeness (QED) is 0.480. The second kappa shape index (κ2) is 2.90. The van der Waals surface area contributed by atoms with Gasteiger partial charge >= 0.3 is 5.97 Å². The largest absolute Gasteiger partial charge is 0.465 e. The van der Waals surface area contributed by atoms with Crippen molar-refractivity contribution in [3.63, 3.8) is 0 Å². The van der Waals surface area contributed by atoms with Crippen molar-refractivity contribution in [2.75, 3.05) is 6.61 Å². The zero-order chi connectivity index (χ0) is 8.55. The fourth-order valence-corrected chi connectivity index (χ4v) is 1.93. The number of carbonyl (C=O) groups is 1. The molecule has 12 heavy (non-hydrogen) atoms. The van der Waals surface area contributed by atoms with Crippen molar-refractivity contribution in [3.8, 4) is 0 Å². The van der Waals surface area contributed by atoms with Crippen LogP contribution in [-0.4, -0.2) is 24.7 Å². The van der Waals surface area contributed by atoms with Gasteiger partial charge < -0.3 is 4.74 Å². The minimum atomic E-state index is -0.102. The summed E-state index contributed by atoms with van der Waals surface area (Å²) in [7, 11) is 0. The molecule has 1 saturated heterocycles. The van der Waals surface area contributed by atoms with Crippen molar-refractivity contribution in [1.29, 1.82) is 0 Å². The van der Waals surface area contributed by atoms with E-state index in [1.54, 1.807) is 0 Å². The van der Waals surface area contributed by atoms with E-state index in [-0.39, 0.29) is 12.0 Å². The number of hydrogen-bond donors (Lipinski definition) is 1. The molecule has 3 heteroatoms. The van der Waals surface area contributed by atoms with Gasteiger partial charge in [-0.2, -0.15) is 0 Å². The van der Waals surface area contributed by atoms with Gasteiger partial charge in [0.1, 0.15) is 6.04 Å². The Morgan fingerprint density at radius 2 is 2.50 bits per heavy atom. The lowest BCUT2D eigenvalue weighted by atomic mass is 10.0. The zero-order valence-corrected chi connectivity index (χ0v) is 7.12. The van der Waals surface area contributed by atoms with Crippen LogP contribution in [0.25, 0.3) is 0 Å². The number of fused-ring (bicyclic) bond motifs is 2. The van der Waals surface area contributed by atoms with Crippen LogP contribution in [0.15, 0.2) is 12.2 Å². The van der Waals surface area contributed by atoms with Crippen LogP contribution in [0.3, 0.4) is 0 Å². The molecule has 1 aliphatic carbocycles. The molecule has 0 saturated carbocycles. The van der Waals surface area contributed by atoms with Gasteiger partial charge in [0.15, 0.2) is 0 Å². The van der Waals surface area contributed by atoms with Crippen LogP contribution in [0.4, 0.5) is 0 Å². The van der Waals surface area contributed by atoms with Crippen LogP contribution in [0.5, 0.6) is 0 Å². The molecule has 0 aromatic carbocycles. The lowest BCUT2D eigenvalue weighted by molar-refractivity contribution is -0.146. The number of ether oxygens (including phenoxy) is 1. The number of hydrogen-bond acceptors (Lipinski definition) is 3. The van der Waals surface area contributed by atoms with E-state index in [9.17, 15) is 4.79 Å². The van der Waals surface area contributed by atoms with Crippen molar-refractivity contribution in [2.45, 2.75) is 25.4 Å². The van der Waals surface area contributed by atoms with Crippen molar-refractivity contribution in [2.24, 2.45) is 5.92 Å². The van der Waals surface area contributed by atoms with Crippen LogP contribution < -0.4 is 5.32 Å². The molecule has 1 heterocycles. The highest BCUT2D eigenvalue weighted by molar-refractivity contribution is 5.77. The number of nitrogens with one attached hydrogen (secondary N) is 1. The van der Waals surface area contributed by atoms with Gasteiger partial charge in [-0.15, -0.1) is 0 Å². The second-order valence-electron chi connectivity index (χ2n) is 3.29. The molecule has 66 valence electrons. The fraction of sp³-hybridized carbons (Fsp3) is 0.667. The van der Waals surface area contributed by atoms with Gasteiger partial charge in [0.05, 0.1) is 6.61 Å². The second-order valence-corrected chi connectivity index (χ2v) is 3.29. The van der Waals surface area contributed by atoms with Crippen molar-refractivity contribution >= 4 is 5.97 Å². The van der Waals surface area contributed by atoms with Crippen LogP contribution in [0.1, 0.15) is 13.3 Å². The van der Waals surface area contributed by atoms with E-state index >= 15 is 0 Å². The van der Waals surface area contributed by atoms with Gasteiger partial charge in [-0.1, -0.05) is 12.2 Å². The molecule has 0 aromatic rings. The highest BCUT2D eigenvalue weighted by atomic mass is 16.5. The average molecular weight is 167 g/mol. The summed E-state index contributed by atoms with van der Waals surface area (Å²) in [5, 5.41) is 3.21. The molecule has 3 atom stereocenters. The van der Waals surface area contributed by atoms with E-state index < -0.39 is 0 Å². The molecular formula is C9H13NO2. The number of esters is 1. The summed E-state index contributed by atoms with van der Waals surface area (Å²) >= 11 is 0. The van der Waals surface area contributed by atoms with E-state index in [4.69, 9.17) is 4.74 Å². The summed E-state index contributed by atoms with van der Waals surface area (Å²) in [6.07, 6.45) is 5.30. The van der Waals surface area contributed by atoms with Gasteiger partial charge in [0.25, 0.3) is 0 Å². The minimum absolute atomic E-state index is 0.0834. The summed E-state index contributed by atoms with van der Waals surface area (Å²) < 4.78 is 4.94. The molecule has 1 unspecified atom stereocenters. The molecule has 1 fully saturated rings. The summed E-state index contributed by atoms with van der Waals surface area (Å²) in [6, 6.07) is 0.323. The predicted molar refractivity (Wildman–Crippen MR) is 44.6 cm³/mol. The van der Waals surface area contributed by atoms with E-state index in [1.807, 2.05) is 6.92 Å². The van der Waals surface area contributed by atoms with Crippen molar-refractivity contribution in [1.82, 2.24) is 5.32 Å². The maximum Gasteiger partial charge on any atom is 0.323 e. The molecule has 1 N–H and O–H groups in total. The van der Waals surface area contributed by atoms with E-state index in [2.05, 4.69) is 17.5 Å². The van der Waals surface area contributed by atoms with Gasteiger partial charge in [0.2, 0.25) is 0 Å². The molecular weight excluding hydrogens is 154 g/mol. The number of carbonyl (C=O) groups excluding carboxylic acids is 1. The standard InChI is InChI=1S/C9H13NO2/c1-2-12-9(11)8-6-3-4-7(5-6)10-8/h3-4,6-8,10H,2,5H2,1H3/t6-,7+,8?/m1/s1. The number of rotatable bonds is 2. The van der Waals surface area contributed by atoms with Crippen molar-refractivity contribution in [3.05, 3.63) is 12.2 Å². The normalized spacial score (nSPS) is 37.2. The van der Waals surface area contributed by atoms with E-state index in [0.717, 1.165) is 6.42 Å². The fourth-order valence-electron chi connectivity index (χ4n) is 1.93. The Labute approximate surface area is 71.8 Å². The van der Waals surface area contributed by atoms with Gasteiger partial charge in [0, 0.05) is 12.0 Å². The monoisotopic (exact) mass is 167 g/mol. The van der Waals surface area contributed by atoms with Gasteiger partial charge in [-0.05, 0) is 13.3 Å². The lowest BCUT2D eigenvalue weighted by Crippen LogP contribution is -2.40. The summed E-state index contributed by atoms with van der Waals surface area (Å²) in [6.45, 7) is 2.30. The van der Waals surface area contributed by atoms with Crippen LogP contribution in [0, 0.1) is 5.92 Å². The molecule has 0 aromatic heterocycles. The van der Waals surface area contributed by atoms with Crippen LogP contribution in [-0.2, 0) is 9.53 Å². The molecule has 0 spiro atoms. The smallest absolute Gasteiger partial charge is 0.323 e. The summed E-state index contributed by atoms with van der Waals surface area (Å²) in [5.41, 5.74) is 0. The highest BCUT2D eigenvalue weighted by Gasteiger charge is 2.39. The molecule has 2 rings (SSSR count). The molecule has 2 aliphatic rings.